The molecule has 0 spiro atoms. The molecule has 0 aliphatic heterocycles. The van der Waals surface area contributed by atoms with Gasteiger partial charge in [0.05, 0.1) is 10.8 Å². The first-order valence-electron chi connectivity index (χ1n) is 4.80. The smallest absolute Gasteiger partial charge is 0.130 e. The van der Waals surface area contributed by atoms with Gasteiger partial charge in [-0.15, -0.1) is 0 Å². The largest absolute Gasteiger partial charge is 0.507 e. The maximum absolute atomic E-state index is 9.80. The van der Waals surface area contributed by atoms with Gasteiger partial charge in [0.15, 0.2) is 0 Å². The second kappa shape index (κ2) is 3.20. The van der Waals surface area contributed by atoms with E-state index in [9.17, 15) is 20.4 Å². The number of fused-ring (bicyclic) bond motifs is 1. The van der Waals surface area contributed by atoms with E-state index in [0.29, 0.717) is 11.1 Å². The molecule has 2 aromatic rings. The molecule has 0 unspecified atom stereocenters. The Bertz CT molecular complexity index is 534. The average molecular weight is 220 g/mol. The van der Waals surface area contributed by atoms with Crippen LogP contribution in [-0.4, -0.2) is 20.4 Å². The van der Waals surface area contributed by atoms with Gasteiger partial charge in [0.2, 0.25) is 0 Å². The predicted octanol–water partition coefficient (Wildman–Crippen LogP) is 2.28. The van der Waals surface area contributed by atoms with Gasteiger partial charge in [-0.3, -0.25) is 0 Å². The molecule has 16 heavy (non-hydrogen) atoms. The second-order valence-electron chi connectivity index (χ2n) is 3.87. The number of hydrogen-bond donors (Lipinski definition) is 4. The molecule has 0 atom stereocenters. The van der Waals surface area contributed by atoms with Gasteiger partial charge in [-0.2, -0.15) is 0 Å². The molecule has 0 aromatic heterocycles. The van der Waals surface area contributed by atoms with Gasteiger partial charge < -0.3 is 20.4 Å². The van der Waals surface area contributed by atoms with Crippen LogP contribution in [0.25, 0.3) is 10.8 Å². The minimum Gasteiger partial charge on any atom is -0.507 e. The van der Waals surface area contributed by atoms with Crippen molar-refractivity contribution >= 4 is 10.8 Å². The van der Waals surface area contributed by atoms with Crippen LogP contribution in [0.5, 0.6) is 23.0 Å². The van der Waals surface area contributed by atoms with Crippen LogP contribution >= 0.6 is 0 Å². The van der Waals surface area contributed by atoms with E-state index in [1.54, 1.807) is 13.8 Å². The van der Waals surface area contributed by atoms with Gasteiger partial charge in [0.1, 0.15) is 23.0 Å². The van der Waals surface area contributed by atoms with E-state index >= 15 is 0 Å². The van der Waals surface area contributed by atoms with Gasteiger partial charge >= 0.3 is 0 Å². The molecule has 2 rings (SSSR count). The Morgan fingerprint density at radius 3 is 1.31 bits per heavy atom. The molecule has 84 valence electrons. The summed E-state index contributed by atoms with van der Waals surface area (Å²) < 4.78 is 0. The van der Waals surface area contributed by atoms with E-state index in [1.807, 2.05) is 0 Å². The van der Waals surface area contributed by atoms with Gasteiger partial charge in [-0.1, -0.05) is 0 Å². The maximum Gasteiger partial charge on any atom is 0.130 e. The Morgan fingerprint density at radius 1 is 0.688 bits per heavy atom. The zero-order chi connectivity index (χ0) is 12.0. The molecule has 0 heterocycles. The number of benzene rings is 2. The second-order valence-corrected chi connectivity index (χ2v) is 3.87. The lowest BCUT2D eigenvalue weighted by atomic mass is 10.0. The highest BCUT2D eigenvalue weighted by Gasteiger charge is 2.17. The lowest BCUT2D eigenvalue weighted by Gasteiger charge is -2.11. The third-order valence-electron chi connectivity index (χ3n) is 2.69. The maximum atomic E-state index is 9.80. The molecule has 0 bridgehead atoms. The average Bonchev–Trinajstić information content (AvgIpc) is 2.20. The molecular weight excluding hydrogens is 208 g/mol. The number of phenols is 4. The van der Waals surface area contributed by atoms with Crippen LogP contribution in [0.2, 0.25) is 0 Å². The van der Waals surface area contributed by atoms with Crippen molar-refractivity contribution in [3.8, 4) is 23.0 Å². The molecular formula is C12H12O4. The third kappa shape index (κ3) is 1.23. The fraction of sp³-hybridized carbons (Fsp3) is 0.167. The molecule has 0 saturated carbocycles. The number of aromatic hydroxyl groups is 4. The molecule has 0 aliphatic carbocycles. The topological polar surface area (TPSA) is 80.9 Å². The number of hydrogen-bond acceptors (Lipinski definition) is 4. The highest BCUT2D eigenvalue weighted by Crippen LogP contribution is 2.45. The summed E-state index contributed by atoms with van der Waals surface area (Å²) in [6.45, 7) is 3.20. The summed E-state index contributed by atoms with van der Waals surface area (Å²) in [7, 11) is 0. The Balaban J connectivity index is 3.11. The summed E-state index contributed by atoms with van der Waals surface area (Å²) in [4.78, 5) is 0. The fourth-order valence-electron chi connectivity index (χ4n) is 1.82. The summed E-state index contributed by atoms with van der Waals surface area (Å²) in [5, 5.41) is 39.2. The molecule has 4 N–H and O–H groups in total. The Kier molecular flexibility index (Phi) is 2.08. The highest BCUT2D eigenvalue weighted by atomic mass is 16.3. The quantitative estimate of drug-likeness (QED) is 0.513. The normalized spacial score (nSPS) is 10.9. The van der Waals surface area contributed by atoms with Crippen LogP contribution < -0.4 is 0 Å². The molecule has 4 heteroatoms. The monoisotopic (exact) mass is 220 g/mol. The summed E-state index contributed by atoms with van der Waals surface area (Å²) in [5.74, 6) is -0.607. The standard InChI is InChI=1S/C12H12O4/c1-5-3-7(13)10-9(11(5)15)8(14)4-6(2)12(10)16/h3-4,13-16H,1-2H3. The summed E-state index contributed by atoms with van der Waals surface area (Å²) in [5.41, 5.74) is 0.868. The van der Waals surface area contributed by atoms with Crippen LogP contribution in [-0.2, 0) is 0 Å². The van der Waals surface area contributed by atoms with Crippen LogP contribution in [0.1, 0.15) is 11.1 Å². The molecule has 0 radical (unpaired) electrons. The highest BCUT2D eigenvalue weighted by molar-refractivity contribution is 6.02. The molecule has 0 aliphatic rings. The van der Waals surface area contributed by atoms with Crippen molar-refractivity contribution in [3.63, 3.8) is 0 Å². The van der Waals surface area contributed by atoms with E-state index < -0.39 is 0 Å². The SMILES string of the molecule is Cc1cc(O)c2c(O)c(C)cc(O)c2c1O. The van der Waals surface area contributed by atoms with E-state index in [1.165, 1.54) is 12.1 Å². The van der Waals surface area contributed by atoms with Gasteiger partial charge in [0.25, 0.3) is 0 Å². The molecule has 2 aromatic carbocycles. The number of phenolic OH excluding ortho intramolecular Hbond substituents is 4. The van der Waals surface area contributed by atoms with Crippen molar-refractivity contribution in [3.05, 3.63) is 23.3 Å². The lowest BCUT2D eigenvalue weighted by Crippen LogP contribution is -1.85. The fourth-order valence-corrected chi connectivity index (χ4v) is 1.82. The van der Waals surface area contributed by atoms with E-state index in [2.05, 4.69) is 0 Å². The van der Waals surface area contributed by atoms with Crippen LogP contribution in [0.4, 0.5) is 0 Å². The van der Waals surface area contributed by atoms with Crippen molar-refractivity contribution in [2.75, 3.05) is 0 Å². The van der Waals surface area contributed by atoms with E-state index in [0.717, 1.165) is 0 Å². The first-order valence-corrected chi connectivity index (χ1v) is 4.80. The van der Waals surface area contributed by atoms with Gasteiger partial charge in [0, 0.05) is 0 Å². The third-order valence-corrected chi connectivity index (χ3v) is 2.69. The predicted molar refractivity (Wildman–Crippen MR) is 60.1 cm³/mol. The molecule has 0 fully saturated rings. The van der Waals surface area contributed by atoms with Crippen molar-refractivity contribution < 1.29 is 20.4 Å². The van der Waals surface area contributed by atoms with Crippen molar-refractivity contribution in [1.29, 1.82) is 0 Å². The molecule has 0 saturated heterocycles. The van der Waals surface area contributed by atoms with Gasteiger partial charge in [-0.25, -0.2) is 0 Å². The van der Waals surface area contributed by atoms with Crippen molar-refractivity contribution in [2.45, 2.75) is 13.8 Å². The van der Waals surface area contributed by atoms with Crippen LogP contribution in [0, 0.1) is 13.8 Å². The first-order chi connectivity index (χ1) is 7.43. The minimum atomic E-state index is -0.165. The minimum absolute atomic E-state index is 0.0700. The zero-order valence-electron chi connectivity index (χ0n) is 8.94. The summed E-state index contributed by atoms with van der Waals surface area (Å²) in [6, 6.07) is 2.69. The molecule has 0 amide bonds. The number of aryl methyl sites for hydroxylation is 2. The van der Waals surface area contributed by atoms with E-state index in [4.69, 9.17) is 0 Å². The summed E-state index contributed by atoms with van der Waals surface area (Å²) >= 11 is 0. The zero-order valence-corrected chi connectivity index (χ0v) is 8.94. The lowest BCUT2D eigenvalue weighted by molar-refractivity contribution is 0.443. The number of rotatable bonds is 0. The van der Waals surface area contributed by atoms with Crippen LogP contribution in [0.3, 0.4) is 0 Å². The van der Waals surface area contributed by atoms with Crippen molar-refractivity contribution in [1.82, 2.24) is 0 Å². The van der Waals surface area contributed by atoms with Gasteiger partial charge in [-0.05, 0) is 37.1 Å². The Labute approximate surface area is 92.0 Å². The van der Waals surface area contributed by atoms with Crippen LogP contribution in [0.15, 0.2) is 12.1 Å². The first kappa shape index (κ1) is 10.4. The van der Waals surface area contributed by atoms with E-state index in [-0.39, 0.29) is 33.8 Å². The Hall–Kier alpha value is -2.10. The summed E-state index contributed by atoms with van der Waals surface area (Å²) in [6.07, 6.45) is 0. The Morgan fingerprint density at radius 2 is 1.00 bits per heavy atom. The molecule has 4 nitrogen and oxygen atoms in total. The van der Waals surface area contributed by atoms with Crippen molar-refractivity contribution in [2.24, 2.45) is 0 Å².